The summed E-state index contributed by atoms with van der Waals surface area (Å²) in [5.41, 5.74) is 5.58. The molecule has 2 aromatic heterocycles. The number of hydrogen-bond donors (Lipinski definition) is 1. The summed E-state index contributed by atoms with van der Waals surface area (Å²) in [6, 6.07) is 7.00. The molecule has 7 nitrogen and oxygen atoms in total. The zero-order chi connectivity index (χ0) is 23.0. The standard InChI is InChI=1S/C23H24ClN3O4S/c1-11-13(3)32-22-18(11)20(14-6-8-15(24)9-7-14)25-16(21-19(22)12(2)27-31-21)10-17(28)26-23(29-4)30-5/h6-9,16,23H,10H2,1-5H3,(H,26,28)/t16-/m0/s1. The summed E-state index contributed by atoms with van der Waals surface area (Å²) in [7, 11) is 2.91. The van der Waals surface area contributed by atoms with Crippen molar-refractivity contribution in [3.63, 3.8) is 0 Å². The van der Waals surface area contributed by atoms with Crippen molar-refractivity contribution in [2.75, 3.05) is 14.2 Å². The second-order valence-electron chi connectivity index (χ2n) is 7.57. The van der Waals surface area contributed by atoms with E-state index in [0.717, 1.165) is 38.5 Å². The van der Waals surface area contributed by atoms with Crippen LogP contribution in [-0.2, 0) is 14.3 Å². The number of hydrogen-bond acceptors (Lipinski definition) is 7. The molecule has 0 unspecified atom stereocenters. The van der Waals surface area contributed by atoms with Crippen LogP contribution in [0.25, 0.3) is 10.4 Å². The minimum atomic E-state index is -0.838. The molecule has 1 amide bonds. The number of benzene rings is 1. The van der Waals surface area contributed by atoms with E-state index in [4.69, 9.17) is 30.6 Å². The van der Waals surface area contributed by atoms with Gasteiger partial charge in [0.25, 0.3) is 0 Å². The Labute approximate surface area is 195 Å². The molecule has 1 aromatic carbocycles. The molecule has 0 fully saturated rings. The summed E-state index contributed by atoms with van der Waals surface area (Å²) in [6.07, 6.45) is -0.787. The van der Waals surface area contributed by atoms with Crippen molar-refractivity contribution in [3.05, 3.63) is 62.3 Å². The smallest absolute Gasteiger partial charge is 0.239 e. The molecule has 3 heterocycles. The minimum absolute atomic E-state index is 0.0505. The normalized spacial score (nSPS) is 15.2. The Hall–Kier alpha value is -2.52. The van der Waals surface area contributed by atoms with Crippen molar-refractivity contribution < 1.29 is 18.8 Å². The molecule has 3 aromatic rings. The van der Waals surface area contributed by atoms with Gasteiger partial charge in [-0.05, 0) is 38.5 Å². The Balaban J connectivity index is 1.86. The second kappa shape index (κ2) is 9.15. The monoisotopic (exact) mass is 473 g/mol. The molecule has 0 radical (unpaired) electrons. The molecule has 0 bridgehead atoms. The van der Waals surface area contributed by atoms with Gasteiger partial charge in [-0.15, -0.1) is 11.3 Å². The van der Waals surface area contributed by atoms with Crippen molar-refractivity contribution in [3.8, 4) is 10.4 Å². The van der Waals surface area contributed by atoms with Gasteiger partial charge >= 0.3 is 0 Å². The number of aliphatic imine (C=N–C) groups is 1. The Morgan fingerprint density at radius 2 is 1.88 bits per heavy atom. The van der Waals surface area contributed by atoms with Gasteiger partial charge in [0.2, 0.25) is 12.3 Å². The lowest BCUT2D eigenvalue weighted by atomic mass is 9.96. The fourth-order valence-electron chi connectivity index (χ4n) is 3.80. The van der Waals surface area contributed by atoms with Gasteiger partial charge in [-0.2, -0.15) is 0 Å². The van der Waals surface area contributed by atoms with Crippen LogP contribution in [0.3, 0.4) is 0 Å². The summed E-state index contributed by atoms with van der Waals surface area (Å²) in [4.78, 5) is 20.1. The topological polar surface area (TPSA) is 86.0 Å². The third-order valence-corrected chi connectivity index (χ3v) is 7.01. The molecule has 1 aliphatic heterocycles. The molecule has 9 heteroatoms. The number of aryl methyl sites for hydroxylation is 2. The number of aromatic nitrogens is 1. The number of methoxy groups -OCH3 is 2. The van der Waals surface area contributed by atoms with E-state index < -0.39 is 12.5 Å². The molecule has 1 N–H and O–H groups in total. The average Bonchev–Trinajstić information content (AvgIpc) is 3.25. The number of ether oxygens (including phenoxy) is 2. The van der Waals surface area contributed by atoms with Gasteiger partial charge in [-0.1, -0.05) is 28.9 Å². The first-order valence-electron chi connectivity index (χ1n) is 10.1. The third-order valence-electron chi connectivity index (χ3n) is 5.53. The molecule has 0 saturated heterocycles. The van der Waals surface area contributed by atoms with Crippen LogP contribution in [0, 0.1) is 20.8 Å². The first-order valence-corrected chi connectivity index (χ1v) is 11.3. The Morgan fingerprint density at radius 3 is 2.53 bits per heavy atom. The van der Waals surface area contributed by atoms with Crippen molar-refractivity contribution in [1.29, 1.82) is 0 Å². The highest BCUT2D eigenvalue weighted by atomic mass is 35.5. The summed E-state index contributed by atoms with van der Waals surface area (Å²) in [6.45, 7) is 6.09. The molecule has 1 aliphatic rings. The number of fused-ring (bicyclic) bond motifs is 3. The first kappa shape index (κ1) is 22.7. The van der Waals surface area contributed by atoms with Gasteiger partial charge in [-0.3, -0.25) is 9.79 Å². The maximum absolute atomic E-state index is 12.8. The van der Waals surface area contributed by atoms with Gasteiger partial charge in [0.05, 0.1) is 23.4 Å². The highest BCUT2D eigenvalue weighted by Crippen LogP contribution is 2.46. The van der Waals surface area contributed by atoms with E-state index in [1.807, 2.05) is 31.2 Å². The Morgan fingerprint density at radius 1 is 1.19 bits per heavy atom. The maximum atomic E-state index is 12.8. The summed E-state index contributed by atoms with van der Waals surface area (Å²) in [5.74, 6) is 0.302. The van der Waals surface area contributed by atoms with Gasteiger partial charge in [-0.25, -0.2) is 0 Å². The van der Waals surface area contributed by atoms with E-state index in [0.29, 0.717) is 10.8 Å². The number of rotatable bonds is 6. The van der Waals surface area contributed by atoms with Crippen LogP contribution < -0.4 is 5.32 Å². The van der Waals surface area contributed by atoms with Crippen LogP contribution in [-0.4, -0.2) is 37.4 Å². The molecule has 168 valence electrons. The molecular weight excluding hydrogens is 450 g/mol. The lowest BCUT2D eigenvalue weighted by Crippen LogP contribution is -2.38. The van der Waals surface area contributed by atoms with Crippen molar-refractivity contribution >= 4 is 34.6 Å². The zero-order valence-electron chi connectivity index (χ0n) is 18.5. The number of amides is 1. The molecule has 32 heavy (non-hydrogen) atoms. The first-order chi connectivity index (χ1) is 15.3. The summed E-state index contributed by atoms with van der Waals surface area (Å²) >= 11 is 7.82. The van der Waals surface area contributed by atoms with Crippen LogP contribution in [0.4, 0.5) is 0 Å². The number of nitrogens with one attached hydrogen (secondary N) is 1. The molecule has 0 spiro atoms. The molecule has 0 saturated carbocycles. The second-order valence-corrected chi connectivity index (χ2v) is 9.23. The highest BCUT2D eigenvalue weighted by molar-refractivity contribution is 7.16. The maximum Gasteiger partial charge on any atom is 0.239 e. The fraction of sp³-hybridized carbons (Fsp3) is 0.348. The molecule has 4 rings (SSSR count). The van der Waals surface area contributed by atoms with E-state index in [9.17, 15) is 4.79 Å². The summed E-state index contributed by atoms with van der Waals surface area (Å²) < 4.78 is 15.9. The lowest BCUT2D eigenvalue weighted by molar-refractivity contribution is -0.148. The predicted molar refractivity (Wildman–Crippen MR) is 124 cm³/mol. The molecule has 1 atom stereocenters. The molecular formula is C23H24ClN3O4S. The van der Waals surface area contributed by atoms with Crippen LogP contribution in [0.15, 0.2) is 33.8 Å². The van der Waals surface area contributed by atoms with Crippen LogP contribution in [0.5, 0.6) is 0 Å². The molecule has 0 aliphatic carbocycles. The largest absolute Gasteiger partial charge is 0.358 e. The van der Waals surface area contributed by atoms with Crippen molar-refractivity contribution in [1.82, 2.24) is 10.5 Å². The highest BCUT2D eigenvalue weighted by Gasteiger charge is 2.34. The average molecular weight is 474 g/mol. The summed E-state index contributed by atoms with van der Waals surface area (Å²) in [5, 5.41) is 7.54. The third kappa shape index (κ3) is 4.11. The van der Waals surface area contributed by atoms with Gasteiger partial charge in [0.15, 0.2) is 5.76 Å². The predicted octanol–water partition coefficient (Wildman–Crippen LogP) is 4.96. The Bertz CT molecular complexity index is 1180. The lowest BCUT2D eigenvalue weighted by Gasteiger charge is -2.17. The Kier molecular flexibility index (Phi) is 6.48. The van der Waals surface area contributed by atoms with Crippen molar-refractivity contribution in [2.24, 2.45) is 4.99 Å². The number of halogens is 1. The van der Waals surface area contributed by atoms with E-state index >= 15 is 0 Å². The van der Waals surface area contributed by atoms with Crippen molar-refractivity contribution in [2.45, 2.75) is 39.6 Å². The van der Waals surface area contributed by atoms with E-state index in [1.54, 1.807) is 11.3 Å². The number of thiophene rings is 1. The fourth-order valence-corrected chi connectivity index (χ4v) is 5.19. The van der Waals surface area contributed by atoms with Gasteiger partial charge in [0, 0.05) is 40.1 Å². The van der Waals surface area contributed by atoms with E-state index in [-0.39, 0.29) is 12.3 Å². The number of nitrogens with zero attached hydrogens (tertiary/aromatic N) is 2. The van der Waals surface area contributed by atoms with Gasteiger partial charge in [0.1, 0.15) is 6.04 Å². The van der Waals surface area contributed by atoms with E-state index in [2.05, 4.69) is 24.3 Å². The zero-order valence-corrected chi connectivity index (χ0v) is 20.1. The quantitative estimate of drug-likeness (QED) is 0.511. The van der Waals surface area contributed by atoms with Crippen LogP contribution in [0.1, 0.15) is 45.5 Å². The number of carbonyl (C=O) groups excluding carboxylic acids is 1. The van der Waals surface area contributed by atoms with Gasteiger partial charge < -0.3 is 19.3 Å². The number of carbonyl (C=O) groups is 1. The van der Waals surface area contributed by atoms with Crippen LogP contribution in [0.2, 0.25) is 5.02 Å². The minimum Gasteiger partial charge on any atom is -0.358 e. The van der Waals surface area contributed by atoms with E-state index in [1.165, 1.54) is 19.1 Å². The SMILES string of the molecule is COC(NC(=O)C[C@@H]1N=C(c2ccc(Cl)cc2)c2c(sc(C)c2C)-c2c(C)noc21)OC. The van der Waals surface area contributed by atoms with Crippen LogP contribution >= 0.6 is 22.9 Å².